The van der Waals surface area contributed by atoms with Crippen molar-refractivity contribution < 1.29 is 14.3 Å². The summed E-state index contributed by atoms with van der Waals surface area (Å²) in [6.07, 6.45) is 0. The summed E-state index contributed by atoms with van der Waals surface area (Å²) in [6.45, 7) is 0. The van der Waals surface area contributed by atoms with Gasteiger partial charge >= 0.3 is 0 Å². The van der Waals surface area contributed by atoms with E-state index in [9.17, 15) is 4.79 Å². The van der Waals surface area contributed by atoms with Gasteiger partial charge in [0, 0.05) is 5.56 Å². The number of carbonyl (C=O) groups is 1. The molecule has 3 aromatic rings. The van der Waals surface area contributed by atoms with Crippen LogP contribution < -0.4 is 9.47 Å². The highest BCUT2D eigenvalue weighted by Crippen LogP contribution is 2.28. The van der Waals surface area contributed by atoms with Gasteiger partial charge in [0.05, 0.1) is 30.0 Å². The lowest BCUT2D eigenvalue weighted by molar-refractivity contribution is 0.103. The predicted octanol–water partition coefficient (Wildman–Crippen LogP) is 4.21. The number of ketones is 1. The molecule has 0 atom stereocenters. The third-order valence-electron chi connectivity index (χ3n) is 3.33. The molecule has 0 bridgehead atoms. The number of hydrogen-bond donors (Lipinski definition) is 1. The standard InChI is InChI=1S/C16H13NO3S2/c1-19-10-4-5-13(20-2)11(8-10)15(18)9-3-6-14-12(7-9)17-16(21)22-14/h3-8H,1-2H3,(H,17,21). The fourth-order valence-corrected chi connectivity index (χ4v) is 3.34. The van der Waals surface area contributed by atoms with Crippen molar-refractivity contribution in [1.29, 1.82) is 0 Å². The molecule has 3 rings (SSSR count). The van der Waals surface area contributed by atoms with Crippen molar-refractivity contribution in [1.82, 2.24) is 4.98 Å². The zero-order valence-electron chi connectivity index (χ0n) is 12.0. The normalized spacial score (nSPS) is 10.6. The Morgan fingerprint density at radius 2 is 1.95 bits per heavy atom. The number of methoxy groups -OCH3 is 2. The van der Waals surface area contributed by atoms with Crippen LogP contribution in [0.4, 0.5) is 0 Å². The number of thiazole rings is 1. The molecule has 1 aromatic heterocycles. The first kappa shape index (κ1) is 14.7. The lowest BCUT2D eigenvalue weighted by atomic mass is 10.0. The number of benzene rings is 2. The van der Waals surface area contributed by atoms with Gasteiger partial charge in [0.2, 0.25) is 0 Å². The van der Waals surface area contributed by atoms with Crippen molar-refractivity contribution in [2.75, 3.05) is 14.2 Å². The molecule has 0 saturated carbocycles. The molecule has 22 heavy (non-hydrogen) atoms. The molecule has 0 aliphatic carbocycles. The molecule has 2 aromatic carbocycles. The summed E-state index contributed by atoms with van der Waals surface area (Å²) >= 11 is 6.61. The van der Waals surface area contributed by atoms with Gasteiger partial charge in [-0.1, -0.05) is 0 Å². The summed E-state index contributed by atoms with van der Waals surface area (Å²) in [5, 5.41) is 0. The van der Waals surface area contributed by atoms with Crippen LogP contribution in [0.3, 0.4) is 0 Å². The van der Waals surface area contributed by atoms with Gasteiger partial charge in [0.1, 0.15) is 11.5 Å². The number of H-pyrrole nitrogens is 1. The molecule has 112 valence electrons. The van der Waals surface area contributed by atoms with E-state index in [0.717, 1.165) is 10.2 Å². The highest BCUT2D eigenvalue weighted by atomic mass is 32.1. The quantitative estimate of drug-likeness (QED) is 0.575. The minimum Gasteiger partial charge on any atom is -0.497 e. The van der Waals surface area contributed by atoms with Crippen LogP contribution in [0.15, 0.2) is 36.4 Å². The van der Waals surface area contributed by atoms with Crippen molar-refractivity contribution in [3.8, 4) is 11.5 Å². The monoisotopic (exact) mass is 331 g/mol. The summed E-state index contributed by atoms with van der Waals surface area (Å²) < 4.78 is 12.2. The van der Waals surface area contributed by atoms with Crippen LogP contribution in [-0.2, 0) is 0 Å². The molecule has 1 N–H and O–H groups in total. The molecule has 0 aliphatic heterocycles. The second-order valence-electron chi connectivity index (χ2n) is 4.62. The Labute approximate surface area is 136 Å². The second kappa shape index (κ2) is 5.90. The molecular weight excluding hydrogens is 318 g/mol. The fourth-order valence-electron chi connectivity index (χ4n) is 2.24. The lowest BCUT2D eigenvalue weighted by Gasteiger charge is -2.09. The van der Waals surface area contributed by atoms with Crippen molar-refractivity contribution in [3.63, 3.8) is 0 Å². The van der Waals surface area contributed by atoms with Gasteiger partial charge in [-0.25, -0.2) is 0 Å². The van der Waals surface area contributed by atoms with Gasteiger partial charge in [-0.2, -0.15) is 0 Å². The van der Waals surface area contributed by atoms with Gasteiger partial charge in [0.15, 0.2) is 9.74 Å². The molecule has 0 amide bonds. The highest BCUT2D eigenvalue weighted by molar-refractivity contribution is 7.73. The maximum atomic E-state index is 12.8. The average molecular weight is 331 g/mol. The van der Waals surface area contributed by atoms with Gasteiger partial charge < -0.3 is 14.5 Å². The van der Waals surface area contributed by atoms with Crippen LogP contribution in [0.25, 0.3) is 10.2 Å². The minimum atomic E-state index is -0.122. The molecule has 0 fully saturated rings. The van der Waals surface area contributed by atoms with Crippen LogP contribution in [0.1, 0.15) is 15.9 Å². The van der Waals surface area contributed by atoms with E-state index in [1.165, 1.54) is 18.4 Å². The number of fused-ring (bicyclic) bond motifs is 1. The molecule has 4 nitrogen and oxygen atoms in total. The summed E-state index contributed by atoms with van der Waals surface area (Å²) in [5.41, 5.74) is 1.90. The van der Waals surface area contributed by atoms with Crippen LogP contribution >= 0.6 is 23.6 Å². The first-order valence-electron chi connectivity index (χ1n) is 6.52. The number of aromatic nitrogens is 1. The molecule has 0 aliphatic rings. The fraction of sp³-hybridized carbons (Fsp3) is 0.125. The van der Waals surface area contributed by atoms with Crippen LogP contribution in [0, 0.1) is 3.95 Å². The summed E-state index contributed by atoms with van der Waals surface area (Å²) in [5.74, 6) is 1.01. The zero-order valence-corrected chi connectivity index (χ0v) is 13.6. The van der Waals surface area contributed by atoms with Gasteiger partial charge in [0.25, 0.3) is 0 Å². The van der Waals surface area contributed by atoms with E-state index in [-0.39, 0.29) is 5.78 Å². The zero-order chi connectivity index (χ0) is 15.7. The Morgan fingerprint density at radius 1 is 1.14 bits per heavy atom. The lowest BCUT2D eigenvalue weighted by Crippen LogP contribution is -2.04. The van der Waals surface area contributed by atoms with Crippen molar-refractivity contribution in [2.45, 2.75) is 0 Å². The number of hydrogen-bond acceptors (Lipinski definition) is 5. The minimum absolute atomic E-state index is 0.122. The first-order valence-corrected chi connectivity index (χ1v) is 7.74. The van der Waals surface area contributed by atoms with E-state index < -0.39 is 0 Å². The van der Waals surface area contributed by atoms with E-state index in [0.29, 0.717) is 26.6 Å². The molecule has 6 heteroatoms. The average Bonchev–Trinajstić information content (AvgIpc) is 2.92. The Kier molecular flexibility index (Phi) is 3.96. The number of aromatic amines is 1. The number of ether oxygens (including phenoxy) is 2. The molecule has 0 unspecified atom stereocenters. The summed E-state index contributed by atoms with van der Waals surface area (Å²) in [7, 11) is 3.10. The van der Waals surface area contributed by atoms with Crippen LogP contribution in [0.5, 0.6) is 11.5 Å². The Bertz CT molecular complexity index is 911. The van der Waals surface area contributed by atoms with E-state index in [2.05, 4.69) is 4.98 Å². The molecule has 0 radical (unpaired) electrons. The smallest absolute Gasteiger partial charge is 0.196 e. The van der Waals surface area contributed by atoms with Gasteiger partial charge in [-0.15, -0.1) is 11.3 Å². The Balaban J connectivity index is 2.10. The SMILES string of the molecule is COc1ccc(OC)c(C(=O)c2ccc3sc(=S)[nH]c3c2)c1. The largest absolute Gasteiger partial charge is 0.497 e. The second-order valence-corrected chi connectivity index (χ2v) is 6.34. The van der Waals surface area contributed by atoms with E-state index >= 15 is 0 Å². The maximum absolute atomic E-state index is 12.8. The van der Waals surface area contributed by atoms with Crippen molar-refractivity contribution >= 4 is 39.6 Å². The number of rotatable bonds is 4. The number of carbonyl (C=O) groups excluding carboxylic acids is 1. The number of nitrogens with one attached hydrogen (secondary N) is 1. The predicted molar refractivity (Wildman–Crippen MR) is 90.0 cm³/mol. The van der Waals surface area contributed by atoms with Crippen LogP contribution in [0.2, 0.25) is 0 Å². The highest BCUT2D eigenvalue weighted by Gasteiger charge is 2.16. The third-order valence-corrected chi connectivity index (χ3v) is 4.55. The first-order chi connectivity index (χ1) is 10.6. The Hall–Kier alpha value is -2.18. The third kappa shape index (κ3) is 2.63. The van der Waals surface area contributed by atoms with Gasteiger partial charge in [-0.05, 0) is 48.6 Å². The van der Waals surface area contributed by atoms with Crippen molar-refractivity contribution in [3.05, 3.63) is 51.5 Å². The molecule has 1 heterocycles. The van der Waals surface area contributed by atoms with Gasteiger partial charge in [-0.3, -0.25) is 4.79 Å². The van der Waals surface area contributed by atoms with Crippen molar-refractivity contribution in [2.24, 2.45) is 0 Å². The van der Waals surface area contributed by atoms with Crippen LogP contribution in [-0.4, -0.2) is 25.0 Å². The summed E-state index contributed by atoms with van der Waals surface area (Å²) in [4.78, 5) is 15.9. The molecular formula is C16H13NO3S2. The maximum Gasteiger partial charge on any atom is 0.196 e. The van der Waals surface area contributed by atoms with E-state index in [4.69, 9.17) is 21.7 Å². The molecule has 0 saturated heterocycles. The summed E-state index contributed by atoms with van der Waals surface area (Å²) in [6, 6.07) is 10.7. The topological polar surface area (TPSA) is 51.3 Å². The molecule has 0 spiro atoms. The van der Waals surface area contributed by atoms with E-state index in [1.807, 2.05) is 12.1 Å². The van der Waals surface area contributed by atoms with E-state index in [1.54, 1.807) is 31.4 Å². The Morgan fingerprint density at radius 3 is 2.68 bits per heavy atom.